The Hall–Kier alpha value is -1.58. The first kappa shape index (κ1) is 15.5. The first-order valence-electron chi connectivity index (χ1n) is 7.04. The molecule has 1 rings (SSSR count). The highest BCUT2D eigenvalue weighted by atomic mass is 16.2. The monoisotopic (exact) mass is 263 g/mol. The van der Waals surface area contributed by atoms with E-state index in [9.17, 15) is 4.79 Å². The first-order chi connectivity index (χ1) is 9.11. The molecule has 1 amide bonds. The van der Waals surface area contributed by atoms with Crippen molar-refractivity contribution in [2.45, 2.75) is 46.1 Å². The summed E-state index contributed by atoms with van der Waals surface area (Å²) < 4.78 is 0. The number of rotatable bonds is 7. The molecule has 0 saturated carbocycles. The zero-order valence-electron chi connectivity index (χ0n) is 12.4. The Balaban J connectivity index is 2.86. The van der Waals surface area contributed by atoms with Gasteiger partial charge in [-0.3, -0.25) is 9.78 Å². The topological polar surface area (TPSA) is 45.2 Å². The fourth-order valence-electron chi connectivity index (χ4n) is 2.06. The van der Waals surface area contributed by atoms with E-state index < -0.39 is 0 Å². The Morgan fingerprint density at radius 2 is 2.16 bits per heavy atom. The zero-order valence-corrected chi connectivity index (χ0v) is 12.4. The summed E-state index contributed by atoms with van der Waals surface area (Å²) in [5, 5.41) is 3.05. The molecule has 1 N–H and O–H groups in total. The van der Waals surface area contributed by atoms with Gasteiger partial charge in [-0.1, -0.05) is 19.8 Å². The van der Waals surface area contributed by atoms with Gasteiger partial charge in [0.15, 0.2) is 0 Å². The highest BCUT2D eigenvalue weighted by Crippen LogP contribution is 2.17. The number of pyridine rings is 1. The van der Waals surface area contributed by atoms with Crippen molar-refractivity contribution in [3.05, 3.63) is 24.0 Å². The van der Waals surface area contributed by atoms with Gasteiger partial charge in [0.25, 0.3) is 5.91 Å². The second kappa shape index (κ2) is 7.77. The molecule has 1 aromatic heterocycles. The Bertz CT molecular complexity index is 404. The molecule has 4 heteroatoms. The number of nitrogens with zero attached hydrogens (tertiary/aromatic N) is 2. The third kappa shape index (κ3) is 4.23. The number of hydrogen-bond acceptors (Lipinski definition) is 3. The fraction of sp³-hybridized carbons (Fsp3) is 0.600. The van der Waals surface area contributed by atoms with Gasteiger partial charge in [-0.15, -0.1) is 0 Å². The highest BCUT2D eigenvalue weighted by Gasteiger charge is 2.20. The maximum atomic E-state index is 12.6. The molecule has 0 aliphatic heterocycles. The summed E-state index contributed by atoms with van der Waals surface area (Å²) >= 11 is 0. The summed E-state index contributed by atoms with van der Waals surface area (Å²) in [5.74, 6) is 0.0588. The van der Waals surface area contributed by atoms with Gasteiger partial charge in [-0.05, 0) is 26.3 Å². The van der Waals surface area contributed by atoms with E-state index in [1.807, 2.05) is 18.0 Å². The standard InChI is InChI=1S/C15H25N3O/c1-5-6-7-10-18(12(2)3)15(19)13-11-17-9-8-14(13)16-4/h8-9,11-12H,5-7,10H2,1-4H3,(H,16,17). The van der Waals surface area contributed by atoms with Crippen molar-refractivity contribution in [1.82, 2.24) is 9.88 Å². The number of unbranched alkanes of at least 4 members (excludes halogenated alkanes) is 2. The number of anilines is 1. The van der Waals surface area contributed by atoms with Crippen LogP contribution in [0.4, 0.5) is 5.69 Å². The van der Waals surface area contributed by atoms with Crippen molar-refractivity contribution in [1.29, 1.82) is 0 Å². The first-order valence-corrected chi connectivity index (χ1v) is 7.04. The fourth-order valence-corrected chi connectivity index (χ4v) is 2.06. The third-order valence-electron chi connectivity index (χ3n) is 3.21. The van der Waals surface area contributed by atoms with Crippen LogP contribution in [0.5, 0.6) is 0 Å². The number of carbonyl (C=O) groups excluding carboxylic acids is 1. The molecule has 19 heavy (non-hydrogen) atoms. The van der Waals surface area contributed by atoms with Crippen LogP contribution in [0.2, 0.25) is 0 Å². The van der Waals surface area contributed by atoms with Gasteiger partial charge >= 0.3 is 0 Å². The van der Waals surface area contributed by atoms with Crippen molar-refractivity contribution >= 4 is 11.6 Å². The summed E-state index contributed by atoms with van der Waals surface area (Å²) in [4.78, 5) is 18.6. The van der Waals surface area contributed by atoms with Crippen molar-refractivity contribution in [2.24, 2.45) is 0 Å². The molecule has 0 unspecified atom stereocenters. The van der Waals surface area contributed by atoms with Gasteiger partial charge in [0, 0.05) is 37.7 Å². The molecule has 0 fully saturated rings. The second-order valence-corrected chi connectivity index (χ2v) is 4.97. The molecule has 0 aromatic carbocycles. The molecule has 0 radical (unpaired) electrons. The Labute approximate surface area is 116 Å². The van der Waals surface area contributed by atoms with Crippen LogP contribution in [0.15, 0.2) is 18.5 Å². The van der Waals surface area contributed by atoms with E-state index in [2.05, 4.69) is 31.1 Å². The van der Waals surface area contributed by atoms with Crippen LogP contribution in [-0.2, 0) is 0 Å². The van der Waals surface area contributed by atoms with Crippen molar-refractivity contribution < 1.29 is 4.79 Å². The molecule has 0 spiro atoms. The summed E-state index contributed by atoms with van der Waals surface area (Å²) in [6, 6.07) is 2.03. The van der Waals surface area contributed by atoms with Gasteiger partial charge in [-0.25, -0.2) is 0 Å². The number of carbonyl (C=O) groups is 1. The van der Waals surface area contributed by atoms with Gasteiger partial charge in [0.2, 0.25) is 0 Å². The third-order valence-corrected chi connectivity index (χ3v) is 3.21. The van der Waals surface area contributed by atoms with E-state index in [-0.39, 0.29) is 11.9 Å². The van der Waals surface area contributed by atoms with Crippen LogP contribution < -0.4 is 5.32 Å². The zero-order chi connectivity index (χ0) is 14.3. The van der Waals surface area contributed by atoms with Crippen LogP contribution >= 0.6 is 0 Å². The predicted octanol–water partition coefficient (Wildman–Crippen LogP) is 3.16. The normalized spacial score (nSPS) is 10.6. The van der Waals surface area contributed by atoms with Crippen LogP contribution in [0.1, 0.15) is 50.4 Å². The molecule has 106 valence electrons. The maximum absolute atomic E-state index is 12.6. The summed E-state index contributed by atoms with van der Waals surface area (Å²) in [6.45, 7) is 7.09. The minimum atomic E-state index is 0.0588. The number of amides is 1. The molecule has 4 nitrogen and oxygen atoms in total. The molecule has 0 bridgehead atoms. The average molecular weight is 263 g/mol. The number of nitrogens with one attached hydrogen (secondary N) is 1. The minimum absolute atomic E-state index is 0.0588. The second-order valence-electron chi connectivity index (χ2n) is 4.97. The molecule has 1 heterocycles. The molecule has 0 saturated heterocycles. The van der Waals surface area contributed by atoms with Gasteiger partial charge in [-0.2, -0.15) is 0 Å². The van der Waals surface area contributed by atoms with Crippen LogP contribution in [0, 0.1) is 0 Å². The maximum Gasteiger partial charge on any atom is 0.257 e. The molecular formula is C15H25N3O. The van der Waals surface area contributed by atoms with Crippen LogP contribution in [-0.4, -0.2) is 35.4 Å². The Morgan fingerprint density at radius 1 is 1.42 bits per heavy atom. The quantitative estimate of drug-likeness (QED) is 0.769. The number of hydrogen-bond donors (Lipinski definition) is 1. The van der Waals surface area contributed by atoms with Gasteiger partial charge in [0.1, 0.15) is 0 Å². The van der Waals surface area contributed by atoms with Crippen LogP contribution in [0.3, 0.4) is 0 Å². The van der Waals surface area contributed by atoms with Gasteiger partial charge < -0.3 is 10.2 Å². The Kier molecular flexibility index (Phi) is 6.33. The van der Waals surface area contributed by atoms with Gasteiger partial charge in [0.05, 0.1) is 5.56 Å². The van der Waals surface area contributed by atoms with E-state index in [1.54, 1.807) is 12.4 Å². The van der Waals surface area contributed by atoms with E-state index >= 15 is 0 Å². The van der Waals surface area contributed by atoms with E-state index in [0.717, 1.165) is 31.5 Å². The lowest BCUT2D eigenvalue weighted by Crippen LogP contribution is -2.38. The van der Waals surface area contributed by atoms with Crippen molar-refractivity contribution in [2.75, 3.05) is 18.9 Å². The summed E-state index contributed by atoms with van der Waals surface area (Å²) in [6.07, 6.45) is 6.70. The van der Waals surface area contributed by atoms with Crippen LogP contribution in [0.25, 0.3) is 0 Å². The molecule has 0 aliphatic rings. The largest absolute Gasteiger partial charge is 0.387 e. The lowest BCUT2D eigenvalue weighted by molar-refractivity contribution is 0.0703. The van der Waals surface area contributed by atoms with Crippen molar-refractivity contribution in [3.63, 3.8) is 0 Å². The lowest BCUT2D eigenvalue weighted by Gasteiger charge is -2.27. The minimum Gasteiger partial charge on any atom is -0.387 e. The predicted molar refractivity (Wildman–Crippen MR) is 79.5 cm³/mol. The van der Waals surface area contributed by atoms with E-state index in [0.29, 0.717) is 5.56 Å². The van der Waals surface area contributed by atoms with E-state index in [4.69, 9.17) is 0 Å². The molecular weight excluding hydrogens is 238 g/mol. The number of aromatic nitrogens is 1. The smallest absolute Gasteiger partial charge is 0.257 e. The van der Waals surface area contributed by atoms with E-state index in [1.165, 1.54) is 0 Å². The van der Waals surface area contributed by atoms with Crippen molar-refractivity contribution in [3.8, 4) is 0 Å². The lowest BCUT2D eigenvalue weighted by atomic mass is 10.1. The molecule has 1 aromatic rings. The Morgan fingerprint density at radius 3 is 2.74 bits per heavy atom. The summed E-state index contributed by atoms with van der Waals surface area (Å²) in [7, 11) is 1.82. The average Bonchev–Trinajstić information content (AvgIpc) is 2.42. The SMILES string of the molecule is CCCCCN(C(=O)c1cnccc1NC)C(C)C. The molecule has 0 aliphatic carbocycles. The summed E-state index contributed by atoms with van der Waals surface area (Å²) in [5.41, 5.74) is 1.48. The highest BCUT2D eigenvalue weighted by molar-refractivity contribution is 5.99. The molecule has 0 atom stereocenters.